The smallest absolute Gasteiger partial charge is 0.275 e. The van der Waals surface area contributed by atoms with E-state index in [4.69, 9.17) is 22.1 Å². The molecule has 3 N–H and O–H groups in total. The molecular weight excluding hydrogens is 356 g/mol. The Bertz CT molecular complexity index is 943. The first-order chi connectivity index (χ1) is 12.5. The highest BCUT2D eigenvalue weighted by Gasteiger charge is 2.11. The summed E-state index contributed by atoms with van der Waals surface area (Å²) in [4.78, 5) is 31.4. The molecule has 26 heavy (non-hydrogen) atoms. The molecule has 0 spiro atoms. The van der Waals surface area contributed by atoms with Crippen molar-refractivity contribution < 1.29 is 14.3 Å². The molecule has 2 heterocycles. The van der Waals surface area contributed by atoms with E-state index in [1.807, 2.05) is 0 Å². The number of halogens is 1. The topological polar surface area (TPSA) is 107 Å². The maximum Gasteiger partial charge on any atom is 0.275 e. The molecule has 130 valence electrons. The van der Waals surface area contributed by atoms with E-state index in [1.165, 1.54) is 24.5 Å². The van der Waals surface area contributed by atoms with Crippen LogP contribution in [0.15, 0.2) is 60.9 Å². The van der Waals surface area contributed by atoms with E-state index in [9.17, 15) is 9.59 Å². The summed E-state index contributed by atoms with van der Waals surface area (Å²) in [7, 11) is 0. The molecule has 0 saturated heterocycles. The van der Waals surface area contributed by atoms with Gasteiger partial charge < -0.3 is 15.8 Å². The van der Waals surface area contributed by atoms with Crippen molar-refractivity contribution in [3.05, 3.63) is 77.2 Å². The fraction of sp³-hybridized carbons (Fsp3) is 0. The van der Waals surface area contributed by atoms with E-state index >= 15 is 0 Å². The number of amides is 2. The first-order valence-electron chi connectivity index (χ1n) is 7.48. The highest BCUT2D eigenvalue weighted by atomic mass is 35.5. The van der Waals surface area contributed by atoms with E-state index in [1.54, 1.807) is 36.4 Å². The lowest BCUT2D eigenvalue weighted by Gasteiger charge is -2.07. The Morgan fingerprint density at radius 2 is 1.73 bits per heavy atom. The predicted octanol–water partition coefficient (Wildman–Crippen LogP) is 3.27. The number of benzene rings is 1. The summed E-state index contributed by atoms with van der Waals surface area (Å²) in [6.07, 6.45) is 2.81. The van der Waals surface area contributed by atoms with Crippen LogP contribution in [0.1, 0.15) is 20.8 Å². The van der Waals surface area contributed by atoms with Gasteiger partial charge in [0.05, 0.1) is 6.20 Å². The van der Waals surface area contributed by atoms with E-state index in [0.717, 1.165) is 0 Å². The highest BCUT2D eigenvalue weighted by molar-refractivity contribution is 6.30. The van der Waals surface area contributed by atoms with Crippen molar-refractivity contribution in [2.75, 3.05) is 5.32 Å². The standard InChI is InChI=1S/C18H13ClN4O3/c19-12-1-3-13(4-2-12)26-14-5-6-16(22-10-14)23-18(25)15-9-11(17(20)24)7-8-21-15/h1-10H,(H2,20,24)(H,22,23,25). The lowest BCUT2D eigenvalue weighted by atomic mass is 10.2. The molecule has 8 heteroatoms. The Morgan fingerprint density at radius 3 is 2.38 bits per heavy atom. The fourth-order valence-corrected chi connectivity index (χ4v) is 2.17. The second-order valence-corrected chi connectivity index (χ2v) is 5.62. The molecule has 0 radical (unpaired) electrons. The zero-order valence-corrected chi connectivity index (χ0v) is 14.1. The number of carbonyl (C=O) groups excluding carboxylic acids is 2. The number of pyridine rings is 2. The van der Waals surface area contributed by atoms with E-state index in [2.05, 4.69) is 15.3 Å². The quantitative estimate of drug-likeness (QED) is 0.718. The summed E-state index contributed by atoms with van der Waals surface area (Å²) in [6.45, 7) is 0. The molecule has 0 bridgehead atoms. The summed E-state index contributed by atoms with van der Waals surface area (Å²) in [5, 5.41) is 3.20. The van der Waals surface area contributed by atoms with Gasteiger partial charge in [0.25, 0.3) is 5.91 Å². The minimum atomic E-state index is -0.636. The van der Waals surface area contributed by atoms with Crippen LogP contribution in [0.25, 0.3) is 0 Å². The average molecular weight is 369 g/mol. The van der Waals surface area contributed by atoms with Gasteiger partial charge in [-0.3, -0.25) is 14.6 Å². The van der Waals surface area contributed by atoms with Crippen LogP contribution in [0, 0.1) is 0 Å². The first kappa shape index (κ1) is 17.4. The van der Waals surface area contributed by atoms with Crippen molar-refractivity contribution in [3.8, 4) is 11.5 Å². The molecule has 0 saturated carbocycles. The zero-order chi connectivity index (χ0) is 18.5. The Balaban J connectivity index is 1.67. The van der Waals surface area contributed by atoms with Gasteiger partial charge in [0.2, 0.25) is 5.91 Å². The minimum absolute atomic E-state index is 0.0598. The third-order valence-electron chi connectivity index (χ3n) is 3.30. The SMILES string of the molecule is NC(=O)c1ccnc(C(=O)Nc2ccc(Oc3ccc(Cl)cc3)cn2)c1. The monoisotopic (exact) mass is 368 g/mol. The molecule has 3 aromatic rings. The number of nitrogens with one attached hydrogen (secondary N) is 1. The number of hydrogen-bond donors (Lipinski definition) is 2. The van der Waals surface area contributed by atoms with Crippen molar-refractivity contribution in [3.63, 3.8) is 0 Å². The molecule has 0 aliphatic carbocycles. The zero-order valence-electron chi connectivity index (χ0n) is 13.3. The Labute approximate surface area is 153 Å². The number of anilines is 1. The van der Waals surface area contributed by atoms with Crippen molar-refractivity contribution in [1.29, 1.82) is 0 Å². The lowest BCUT2D eigenvalue weighted by molar-refractivity contribution is 0.1000. The van der Waals surface area contributed by atoms with Gasteiger partial charge in [-0.2, -0.15) is 0 Å². The van der Waals surface area contributed by atoms with Crippen LogP contribution in [0.2, 0.25) is 5.02 Å². The van der Waals surface area contributed by atoms with Gasteiger partial charge in [-0.05, 0) is 48.5 Å². The molecule has 0 fully saturated rings. The predicted molar refractivity (Wildman–Crippen MR) is 96.5 cm³/mol. The number of carbonyl (C=O) groups is 2. The van der Waals surface area contributed by atoms with Crippen LogP contribution in [-0.4, -0.2) is 21.8 Å². The number of rotatable bonds is 5. The van der Waals surface area contributed by atoms with Gasteiger partial charge in [0.15, 0.2) is 0 Å². The van der Waals surface area contributed by atoms with Gasteiger partial charge >= 0.3 is 0 Å². The molecule has 0 unspecified atom stereocenters. The Hall–Kier alpha value is -3.45. The van der Waals surface area contributed by atoms with E-state index in [-0.39, 0.29) is 11.3 Å². The van der Waals surface area contributed by atoms with Crippen LogP contribution in [0.5, 0.6) is 11.5 Å². The van der Waals surface area contributed by atoms with Crippen molar-refractivity contribution in [2.24, 2.45) is 5.73 Å². The number of nitrogens with zero attached hydrogens (tertiary/aromatic N) is 2. The number of ether oxygens (including phenoxy) is 1. The molecule has 1 aromatic carbocycles. The molecular formula is C18H13ClN4O3. The largest absolute Gasteiger partial charge is 0.456 e. The number of aromatic nitrogens is 2. The van der Waals surface area contributed by atoms with Gasteiger partial charge in [-0.1, -0.05) is 11.6 Å². The number of hydrogen-bond acceptors (Lipinski definition) is 5. The maximum atomic E-state index is 12.2. The fourth-order valence-electron chi connectivity index (χ4n) is 2.04. The maximum absolute atomic E-state index is 12.2. The van der Waals surface area contributed by atoms with Crippen LogP contribution in [0.4, 0.5) is 5.82 Å². The third kappa shape index (κ3) is 4.34. The summed E-state index contributed by atoms with van der Waals surface area (Å²) in [5.74, 6) is 0.277. The van der Waals surface area contributed by atoms with Crippen LogP contribution >= 0.6 is 11.6 Å². The molecule has 0 aliphatic heterocycles. The average Bonchev–Trinajstić information content (AvgIpc) is 2.65. The van der Waals surface area contributed by atoms with E-state index < -0.39 is 11.8 Å². The first-order valence-corrected chi connectivity index (χ1v) is 7.86. The van der Waals surface area contributed by atoms with Crippen molar-refractivity contribution in [1.82, 2.24) is 9.97 Å². The second kappa shape index (κ2) is 7.62. The molecule has 0 atom stereocenters. The molecule has 0 aliphatic rings. The number of nitrogens with two attached hydrogens (primary N) is 1. The Morgan fingerprint density at radius 1 is 1.00 bits per heavy atom. The van der Waals surface area contributed by atoms with E-state index in [0.29, 0.717) is 22.3 Å². The van der Waals surface area contributed by atoms with Gasteiger partial charge in [-0.15, -0.1) is 0 Å². The van der Waals surface area contributed by atoms with Gasteiger partial charge in [0, 0.05) is 16.8 Å². The summed E-state index contributed by atoms with van der Waals surface area (Å²) in [6, 6.07) is 12.9. The third-order valence-corrected chi connectivity index (χ3v) is 3.56. The van der Waals surface area contributed by atoms with Crippen molar-refractivity contribution in [2.45, 2.75) is 0 Å². The number of primary amides is 1. The lowest BCUT2D eigenvalue weighted by Crippen LogP contribution is -2.17. The highest BCUT2D eigenvalue weighted by Crippen LogP contribution is 2.23. The summed E-state index contributed by atoms with van der Waals surface area (Å²) in [5.41, 5.74) is 5.45. The molecule has 2 aromatic heterocycles. The molecule has 2 amide bonds. The van der Waals surface area contributed by atoms with Gasteiger partial charge in [0.1, 0.15) is 23.0 Å². The van der Waals surface area contributed by atoms with Crippen LogP contribution < -0.4 is 15.8 Å². The van der Waals surface area contributed by atoms with Crippen LogP contribution in [0.3, 0.4) is 0 Å². The molecule has 3 rings (SSSR count). The Kier molecular flexibility index (Phi) is 5.09. The van der Waals surface area contributed by atoms with Crippen molar-refractivity contribution >= 4 is 29.2 Å². The second-order valence-electron chi connectivity index (χ2n) is 5.18. The normalized spacial score (nSPS) is 10.2. The summed E-state index contributed by atoms with van der Waals surface area (Å²) < 4.78 is 5.62. The minimum Gasteiger partial charge on any atom is -0.456 e. The van der Waals surface area contributed by atoms with Crippen LogP contribution in [-0.2, 0) is 0 Å². The summed E-state index contributed by atoms with van der Waals surface area (Å²) >= 11 is 5.82. The molecule has 7 nitrogen and oxygen atoms in total. The van der Waals surface area contributed by atoms with Gasteiger partial charge in [-0.25, -0.2) is 4.98 Å².